The van der Waals surface area contributed by atoms with Crippen molar-refractivity contribution in [2.75, 3.05) is 0 Å². The minimum absolute atomic E-state index is 0.127. The van der Waals surface area contributed by atoms with Crippen molar-refractivity contribution in [1.82, 2.24) is 20.5 Å². The zero-order valence-corrected chi connectivity index (χ0v) is 10.7. The monoisotopic (exact) mass is 248 g/mol. The Kier molecular flexibility index (Phi) is 3.57. The van der Waals surface area contributed by atoms with E-state index in [0.29, 0.717) is 24.0 Å². The number of nitrogens with zero attached hydrogens (tertiary/aromatic N) is 2. The van der Waals surface area contributed by atoms with E-state index in [1.54, 1.807) is 6.20 Å². The molecular weight excluding hydrogens is 232 g/mol. The smallest absolute Gasteiger partial charge is 0.253 e. The van der Waals surface area contributed by atoms with Crippen molar-refractivity contribution in [3.63, 3.8) is 0 Å². The van der Waals surface area contributed by atoms with Crippen LogP contribution in [0.15, 0.2) is 21.5 Å². The molecule has 0 saturated heterocycles. The summed E-state index contributed by atoms with van der Waals surface area (Å²) in [5, 5.41) is 10.9. The third-order valence-corrected chi connectivity index (χ3v) is 2.42. The van der Waals surface area contributed by atoms with Gasteiger partial charge in [0, 0.05) is 24.0 Å². The van der Waals surface area contributed by atoms with Crippen molar-refractivity contribution in [2.45, 2.75) is 33.4 Å². The number of aromatic amines is 1. The van der Waals surface area contributed by atoms with Crippen LogP contribution < -0.4 is 10.7 Å². The lowest BCUT2D eigenvalue weighted by Gasteiger charge is -2.03. The van der Waals surface area contributed by atoms with Crippen molar-refractivity contribution >= 4 is 0 Å². The molecule has 6 nitrogen and oxygen atoms in total. The van der Waals surface area contributed by atoms with E-state index in [-0.39, 0.29) is 11.3 Å². The SMILES string of the molecule is Cc1cc(=O)c(-c2nnc(CNC(C)C)o2)c[nH]1. The summed E-state index contributed by atoms with van der Waals surface area (Å²) in [6, 6.07) is 1.84. The molecule has 0 saturated carbocycles. The highest BCUT2D eigenvalue weighted by Crippen LogP contribution is 2.12. The molecule has 96 valence electrons. The fourth-order valence-electron chi connectivity index (χ4n) is 1.47. The second-order valence-corrected chi connectivity index (χ2v) is 4.43. The summed E-state index contributed by atoms with van der Waals surface area (Å²) in [4.78, 5) is 14.7. The molecule has 0 bridgehead atoms. The van der Waals surface area contributed by atoms with Crippen molar-refractivity contribution in [3.05, 3.63) is 34.1 Å². The van der Waals surface area contributed by atoms with E-state index in [1.165, 1.54) is 6.07 Å². The Morgan fingerprint density at radius 1 is 1.44 bits per heavy atom. The van der Waals surface area contributed by atoms with Gasteiger partial charge in [0.1, 0.15) is 5.56 Å². The van der Waals surface area contributed by atoms with Crippen LogP contribution in [0.1, 0.15) is 25.4 Å². The third-order valence-electron chi connectivity index (χ3n) is 2.42. The molecule has 6 heteroatoms. The van der Waals surface area contributed by atoms with Crippen LogP contribution in [-0.2, 0) is 6.54 Å². The van der Waals surface area contributed by atoms with Gasteiger partial charge in [-0.3, -0.25) is 4.79 Å². The molecule has 18 heavy (non-hydrogen) atoms. The molecule has 0 amide bonds. The van der Waals surface area contributed by atoms with Crippen LogP contribution in [0.3, 0.4) is 0 Å². The van der Waals surface area contributed by atoms with Crippen LogP contribution in [0.4, 0.5) is 0 Å². The van der Waals surface area contributed by atoms with Gasteiger partial charge in [0.2, 0.25) is 5.89 Å². The summed E-state index contributed by atoms with van der Waals surface area (Å²) in [5.41, 5.74) is 1.06. The lowest BCUT2D eigenvalue weighted by Crippen LogP contribution is -2.21. The minimum atomic E-state index is -0.127. The quantitative estimate of drug-likeness (QED) is 0.850. The van der Waals surface area contributed by atoms with Gasteiger partial charge in [-0.15, -0.1) is 10.2 Å². The largest absolute Gasteiger partial charge is 0.419 e. The standard InChI is InChI=1S/C12H16N4O2/c1-7(2)13-6-11-15-16-12(18-11)9-5-14-8(3)4-10(9)17/h4-5,7,13H,6H2,1-3H3,(H,14,17). The van der Waals surface area contributed by atoms with E-state index in [2.05, 4.69) is 20.5 Å². The maximum absolute atomic E-state index is 11.8. The minimum Gasteiger partial charge on any atom is -0.419 e. The Bertz CT molecular complexity index is 586. The highest BCUT2D eigenvalue weighted by atomic mass is 16.4. The number of hydrogen-bond donors (Lipinski definition) is 2. The molecule has 0 spiro atoms. The number of pyridine rings is 1. The number of H-pyrrole nitrogens is 1. The molecule has 2 heterocycles. The lowest BCUT2D eigenvalue weighted by atomic mass is 10.2. The predicted molar refractivity (Wildman–Crippen MR) is 67.1 cm³/mol. The molecular formula is C12H16N4O2. The van der Waals surface area contributed by atoms with E-state index in [4.69, 9.17) is 4.42 Å². The maximum Gasteiger partial charge on any atom is 0.253 e. The molecule has 2 N–H and O–H groups in total. The molecule has 0 aliphatic rings. The van der Waals surface area contributed by atoms with E-state index in [1.807, 2.05) is 20.8 Å². The fraction of sp³-hybridized carbons (Fsp3) is 0.417. The fourth-order valence-corrected chi connectivity index (χ4v) is 1.47. The van der Waals surface area contributed by atoms with E-state index in [0.717, 1.165) is 5.69 Å². The second kappa shape index (κ2) is 5.14. The van der Waals surface area contributed by atoms with Crippen molar-refractivity contribution in [1.29, 1.82) is 0 Å². The molecule has 0 unspecified atom stereocenters. The number of hydrogen-bond acceptors (Lipinski definition) is 5. The zero-order valence-electron chi connectivity index (χ0n) is 10.7. The first-order valence-corrected chi connectivity index (χ1v) is 5.81. The zero-order chi connectivity index (χ0) is 13.1. The van der Waals surface area contributed by atoms with E-state index in [9.17, 15) is 4.79 Å². The van der Waals surface area contributed by atoms with Crippen molar-refractivity contribution in [3.8, 4) is 11.5 Å². The molecule has 0 atom stereocenters. The molecule has 0 fully saturated rings. The second-order valence-electron chi connectivity index (χ2n) is 4.43. The highest BCUT2D eigenvalue weighted by molar-refractivity contribution is 5.50. The summed E-state index contributed by atoms with van der Waals surface area (Å²) in [5.74, 6) is 0.718. The number of nitrogens with one attached hydrogen (secondary N) is 2. The Labute approximate surface area is 104 Å². The molecule has 2 aromatic rings. The average Bonchev–Trinajstić information content (AvgIpc) is 2.75. The molecule has 0 aromatic carbocycles. The highest BCUT2D eigenvalue weighted by Gasteiger charge is 2.11. The maximum atomic E-state index is 11.8. The molecule has 0 aliphatic carbocycles. The number of aromatic nitrogens is 3. The Hall–Kier alpha value is -1.95. The van der Waals surface area contributed by atoms with Gasteiger partial charge in [-0.05, 0) is 6.92 Å². The number of rotatable bonds is 4. The number of aryl methyl sites for hydroxylation is 1. The first-order chi connectivity index (χ1) is 8.56. The van der Waals surface area contributed by atoms with Gasteiger partial charge in [-0.25, -0.2) is 0 Å². The summed E-state index contributed by atoms with van der Waals surface area (Å²) in [7, 11) is 0. The van der Waals surface area contributed by atoms with Gasteiger partial charge < -0.3 is 14.7 Å². The Balaban J connectivity index is 2.21. The van der Waals surface area contributed by atoms with Crippen LogP contribution in [0.25, 0.3) is 11.5 Å². The summed E-state index contributed by atoms with van der Waals surface area (Å²) in [6.45, 7) is 6.37. The average molecular weight is 248 g/mol. The van der Waals surface area contributed by atoms with E-state index < -0.39 is 0 Å². The van der Waals surface area contributed by atoms with Crippen molar-refractivity contribution < 1.29 is 4.42 Å². The normalized spacial score (nSPS) is 11.1. The van der Waals surface area contributed by atoms with Gasteiger partial charge >= 0.3 is 0 Å². The van der Waals surface area contributed by atoms with Gasteiger partial charge in [-0.2, -0.15) is 0 Å². The van der Waals surface area contributed by atoms with Crippen LogP contribution in [0.2, 0.25) is 0 Å². The molecule has 2 rings (SSSR count). The van der Waals surface area contributed by atoms with Gasteiger partial charge in [0.25, 0.3) is 5.89 Å². The molecule has 0 aliphatic heterocycles. The van der Waals surface area contributed by atoms with Crippen molar-refractivity contribution in [2.24, 2.45) is 0 Å². The topological polar surface area (TPSA) is 83.8 Å². The Morgan fingerprint density at radius 3 is 2.89 bits per heavy atom. The summed E-state index contributed by atoms with van der Waals surface area (Å²) >= 11 is 0. The summed E-state index contributed by atoms with van der Waals surface area (Å²) < 4.78 is 5.44. The lowest BCUT2D eigenvalue weighted by molar-refractivity contribution is 0.458. The van der Waals surface area contributed by atoms with Crippen LogP contribution >= 0.6 is 0 Å². The van der Waals surface area contributed by atoms with E-state index >= 15 is 0 Å². The molecule has 2 aromatic heterocycles. The summed E-state index contributed by atoms with van der Waals surface area (Å²) in [6.07, 6.45) is 1.59. The Morgan fingerprint density at radius 2 is 2.22 bits per heavy atom. The van der Waals surface area contributed by atoms with Gasteiger partial charge in [0.05, 0.1) is 6.54 Å². The third kappa shape index (κ3) is 2.84. The van der Waals surface area contributed by atoms with Crippen LogP contribution in [0, 0.1) is 6.92 Å². The first kappa shape index (κ1) is 12.5. The van der Waals surface area contributed by atoms with Crippen LogP contribution in [-0.4, -0.2) is 21.2 Å². The predicted octanol–water partition coefficient (Wildman–Crippen LogP) is 1.23. The molecule has 0 radical (unpaired) electrons. The van der Waals surface area contributed by atoms with Gasteiger partial charge in [-0.1, -0.05) is 13.8 Å². The van der Waals surface area contributed by atoms with Crippen LogP contribution in [0.5, 0.6) is 0 Å². The van der Waals surface area contributed by atoms with Gasteiger partial charge in [0.15, 0.2) is 5.43 Å². The first-order valence-electron chi connectivity index (χ1n) is 5.81.